The van der Waals surface area contributed by atoms with E-state index in [4.69, 9.17) is 9.84 Å². The van der Waals surface area contributed by atoms with E-state index in [0.29, 0.717) is 13.0 Å². The normalized spacial score (nSPS) is 9.85. The summed E-state index contributed by atoms with van der Waals surface area (Å²) in [4.78, 5) is 4.00. The number of rotatable bonds is 6. The topological polar surface area (TPSA) is 47.3 Å². The minimum Gasteiger partial charge on any atom is -0.492 e. The molecule has 1 aromatic heterocycles. The summed E-state index contributed by atoms with van der Waals surface area (Å²) in [5.74, 6) is 6.73. The summed E-state index contributed by atoms with van der Waals surface area (Å²) in [6.07, 6.45) is 6.90. The van der Waals surface area contributed by atoms with Crippen molar-refractivity contribution in [3.8, 4) is 17.6 Å². The van der Waals surface area contributed by atoms with E-state index in [0.717, 1.165) is 24.3 Å². The third-order valence-electron chi connectivity index (χ3n) is 2.72. The second-order valence-electron chi connectivity index (χ2n) is 4.27. The maximum absolute atomic E-state index is 8.74. The van der Waals surface area contributed by atoms with Crippen LogP contribution < -0.4 is 4.74 Å². The van der Waals surface area contributed by atoms with Crippen molar-refractivity contribution >= 4 is 0 Å². The Morgan fingerprint density at radius 1 is 1.30 bits per heavy atom. The first-order chi connectivity index (χ1) is 9.90. The molecule has 0 aliphatic rings. The van der Waals surface area contributed by atoms with Gasteiger partial charge >= 0.3 is 0 Å². The van der Waals surface area contributed by atoms with Gasteiger partial charge in [0.05, 0.1) is 25.1 Å². The summed E-state index contributed by atoms with van der Waals surface area (Å²) in [7, 11) is 0. The molecule has 0 unspecified atom stereocenters. The van der Waals surface area contributed by atoms with Gasteiger partial charge in [0.25, 0.3) is 0 Å². The third-order valence-corrected chi connectivity index (χ3v) is 2.72. The highest BCUT2D eigenvalue weighted by atomic mass is 16.5. The largest absolute Gasteiger partial charge is 0.492 e. The molecule has 4 nitrogen and oxygen atoms in total. The van der Waals surface area contributed by atoms with Crippen LogP contribution in [0.4, 0.5) is 0 Å². The Labute approximate surface area is 119 Å². The molecule has 0 saturated heterocycles. The first-order valence-electron chi connectivity index (χ1n) is 6.67. The number of nitrogens with zero attached hydrogens (tertiary/aromatic N) is 2. The highest BCUT2D eigenvalue weighted by Crippen LogP contribution is 2.16. The zero-order chi connectivity index (χ0) is 14.0. The molecule has 1 heterocycles. The van der Waals surface area contributed by atoms with Crippen LogP contribution in [0.5, 0.6) is 5.75 Å². The van der Waals surface area contributed by atoms with Crippen LogP contribution in [-0.2, 0) is 6.54 Å². The van der Waals surface area contributed by atoms with E-state index in [1.54, 1.807) is 12.5 Å². The first kappa shape index (κ1) is 14.2. The average molecular weight is 270 g/mol. The summed E-state index contributed by atoms with van der Waals surface area (Å²) in [5.41, 5.74) is 0.864. The van der Waals surface area contributed by atoms with Crippen molar-refractivity contribution in [2.24, 2.45) is 0 Å². The highest BCUT2D eigenvalue weighted by Gasteiger charge is 2.00. The van der Waals surface area contributed by atoms with Gasteiger partial charge in [-0.25, -0.2) is 4.98 Å². The molecule has 4 heteroatoms. The van der Waals surface area contributed by atoms with Gasteiger partial charge in [-0.05, 0) is 18.6 Å². The highest BCUT2D eigenvalue weighted by molar-refractivity contribution is 5.45. The number of ether oxygens (including phenoxy) is 1. The maximum atomic E-state index is 8.74. The SMILES string of the molecule is OCCC#Cc1ccccc1OCCCn1ccnc1. The Kier molecular flexibility index (Phi) is 5.69. The number of aliphatic hydroxyl groups excluding tert-OH is 1. The van der Waals surface area contributed by atoms with Crippen molar-refractivity contribution in [1.29, 1.82) is 0 Å². The summed E-state index contributed by atoms with van der Waals surface area (Å²) < 4.78 is 7.79. The molecule has 0 aliphatic carbocycles. The van der Waals surface area contributed by atoms with Crippen molar-refractivity contribution in [2.75, 3.05) is 13.2 Å². The van der Waals surface area contributed by atoms with Gasteiger partial charge in [-0.3, -0.25) is 0 Å². The standard InChI is InChI=1S/C16H18N2O2/c19-12-4-3-7-15-6-1-2-8-16(15)20-13-5-10-18-11-9-17-14-18/h1-2,6,8-9,11,14,19H,4-5,10,12-13H2. The molecule has 2 rings (SSSR count). The van der Waals surface area contributed by atoms with E-state index in [9.17, 15) is 0 Å². The van der Waals surface area contributed by atoms with E-state index in [2.05, 4.69) is 16.8 Å². The van der Waals surface area contributed by atoms with Crippen LogP contribution in [0.1, 0.15) is 18.4 Å². The number of aliphatic hydroxyl groups is 1. The zero-order valence-electron chi connectivity index (χ0n) is 11.3. The molecule has 0 aliphatic heterocycles. The zero-order valence-corrected chi connectivity index (χ0v) is 11.3. The van der Waals surface area contributed by atoms with Crippen LogP contribution in [0, 0.1) is 11.8 Å². The van der Waals surface area contributed by atoms with E-state index < -0.39 is 0 Å². The molecule has 0 saturated carbocycles. The Morgan fingerprint density at radius 2 is 2.20 bits per heavy atom. The summed E-state index contributed by atoms with van der Waals surface area (Å²) in [5, 5.41) is 8.74. The molecule has 0 atom stereocenters. The quantitative estimate of drug-likeness (QED) is 0.646. The molecule has 0 amide bonds. The number of benzene rings is 1. The third kappa shape index (κ3) is 4.45. The van der Waals surface area contributed by atoms with Crippen molar-refractivity contribution in [3.05, 3.63) is 48.5 Å². The number of aromatic nitrogens is 2. The van der Waals surface area contributed by atoms with Gasteiger partial charge in [-0.15, -0.1) is 0 Å². The van der Waals surface area contributed by atoms with Crippen LogP contribution in [0.15, 0.2) is 43.0 Å². The monoisotopic (exact) mass is 270 g/mol. The second-order valence-corrected chi connectivity index (χ2v) is 4.27. The van der Waals surface area contributed by atoms with Crippen LogP contribution in [-0.4, -0.2) is 27.9 Å². The number of hydrogen-bond acceptors (Lipinski definition) is 3. The Bertz CT molecular complexity index is 568. The molecular weight excluding hydrogens is 252 g/mol. The maximum Gasteiger partial charge on any atom is 0.134 e. The van der Waals surface area contributed by atoms with E-state index in [1.165, 1.54) is 0 Å². The van der Waals surface area contributed by atoms with E-state index in [-0.39, 0.29) is 6.61 Å². The molecule has 1 aromatic carbocycles. The van der Waals surface area contributed by atoms with E-state index in [1.807, 2.05) is 35.0 Å². The lowest BCUT2D eigenvalue weighted by molar-refractivity contribution is 0.301. The van der Waals surface area contributed by atoms with Crippen LogP contribution in [0.2, 0.25) is 0 Å². The molecular formula is C16H18N2O2. The lowest BCUT2D eigenvalue weighted by Crippen LogP contribution is -2.03. The predicted octanol–water partition coefficient (Wildman–Crippen LogP) is 2.09. The minimum atomic E-state index is 0.0843. The fraction of sp³-hybridized carbons (Fsp3) is 0.312. The van der Waals surface area contributed by atoms with Gasteiger partial charge in [-0.2, -0.15) is 0 Å². The molecule has 0 radical (unpaired) electrons. The predicted molar refractivity (Wildman–Crippen MR) is 77.4 cm³/mol. The molecule has 0 spiro atoms. The average Bonchev–Trinajstić information content (AvgIpc) is 2.98. The number of imidazole rings is 1. The van der Waals surface area contributed by atoms with Crippen LogP contribution >= 0.6 is 0 Å². The van der Waals surface area contributed by atoms with Crippen molar-refractivity contribution in [1.82, 2.24) is 9.55 Å². The summed E-state index contributed by atoms with van der Waals surface area (Å²) >= 11 is 0. The molecule has 2 aromatic rings. The van der Waals surface area contributed by atoms with Crippen molar-refractivity contribution in [2.45, 2.75) is 19.4 Å². The smallest absolute Gasteiger partial charge is 0.134 e. The number of aryl methyl sites for hydroxylation is 1. The lowest BCUT2D eigenvalue weighted by atomic mass is 10.2. The first-order valence-corrected chi connectivity index (χ1v) is 6.67. The summed E-state index contributed by atoms with van der Waals surface area (Å²) in [6, 6.07) is 7.71. The van der Waals surface area contributed by atoms with Crippen molar-refractivity contribution < 1.29 is 9.84 Å². The van der Waals surface area contributed by atoms with Crippen molar-refractivity contribution in [3.63, 3.8) is 0 Å². The molecule has 1 N–H and O–H groups in total. The van der Waals surface area contributed by atoms with Gasteiger partial charge in [0.1, 0.15) is 5.75 Å². The Balaban J connectivity index is 1.84. The van der Waals surface area contributed by atoms with Crippen LogP contribution in [0.25, 0.3) is 0 Å². The van der Waals surface area contributed by atoms with Crippen LogP contribution in [0.3, 0.4) is 0 Å². The Morgan fingerprint density at radius 3 is 3.00 bits per heavy atom. The fourth-order valence-electron chi connectivity index (χ4n) is 1.76. The Hall–Kier alpha value is -2.25. The molecule has 0 fully saturated rings. The van der Waals surface area contributed by atoms with Gasteiger partial charge in [0.2, 0.25) is 0 Å². The molecule has 104 valence electrons. The second kappa shape index (κ2) is 8.03. The fourth-order valence-corrected chi connectivity index (χ4v) is 1.76. The van der Waals surface area contributed by atoms with Gasteiger partial charge in [-0.1, -0.05) is 24.0 Å². The number of para-hydroxylation sites is 1. The molecule has 0 bridgehead atoms. The molecule has 20 heavy (non-hydrogen) atoms. The van der Waals surface area contributed by atoms with Gasteiger partial charge in [0.15, 0.2) is 0 Å². The lowest BCUT2D eigenvalue weighted by Gasteiger charge is -2.08. The number of hydrogen-bond donors (Lipinski definition) is 1. The van der Waals surface area contributed by atoms with Gasteiger partial charge < -0.3 is 14.4 Å². The summed E-state index contributed by atoms with van der Waals surface area (Å²) in [6.45, 7) is 1.61. The van der Waals surface area contributed by atoms with E-state index >= 15 is 0 Å². The minimum absolute atomic E-state index is 0.0843. The van der Waals surface area contributed by atoms with Gasteiger partial charge in [0, 0.05) is 25.4 Å².